The summed E-state index contributed by atoms with van der Waals surface area (Å²) in [6.07, 6.45) is -4.71. The van der Waals surface area contributed by atoms with Crippen LogP contribution in [0, 0.1) is 0 Å². The number of carbonyl (C=O) groups excluding carboxylic acids is 1. The quantitative estimate of drug-likeness (QED) is 0.397. The Morgan fingerprint density at radius 3 is 2.29 bits per heavy atom. The van der Waals surface area contributed by atoms with Gasteiger partial charge in [0.1, 0.15) is 11.8 Å². The molecule has 0 radical (unpaired) electrons. The van der Waals surface area contributed by atoms with E-state index in [2.05, 4.69) is 10.0 Å². The molecule has 0 spiro atoms. The lowest BCUT2D eigenvalue weighted by atomic mass is 10.1. The van der Waals surface area contributed by atoms with E-state index < -0.39 is 33.7 Å². The first-order chi connectivity index (χ1) is 16.5. The van der Waals surface area contributed by atoms with Gasteiger partial charge in [0.25, 0.3) is 0 Å². The number of halogens is 4. The molecule has 35 heavy (non-hydrogen) atoms. The summed E-state index contributed by atoms with van der Waals surface area (Å²) in [4.78, 5) is 13.0. The van der Waals surface area contributed by atoms with E-state index in [1.54, 1.807) is 37.3 Å². The molecular formula is C24H22ClF3N2O4S. The SMILES string of the molecule is CCOc1ccc(S(=O)(=O)NC(Cc2ccccc2)C(=O)Nc2cc(C(F)(F)F)ccc2Cl)cc1. The molecule has 0 saturated carbocycles. The fourth-order valence-electron chi connectivity index (χ4n) is 3.19. The predicted molar refractivity (Wildman–Crippen MR) is 127 cm³/mol. The van der Waals surface area contributed by atoms with E-state index in [0.29, 0.717) is 24.0 Å². The topological polar surface area (TPSA) is 84.5 Å². The lowest BCUT2D eigenvalue weighted by Gasteiger charge is -2.20. The third-order valence-electron chi connectivity index (χ3n) is 4.89. The molecular weight excluding hydrogens is 505 g/mol. The van der Waals surface area contributed by atoms with Crippen molar-refractivity contribution in [2.24, 2.45) is 0 Å². The summed E-state index contributed by atoms with van der Waals surface area (Å²) in [7, 11) is -4.17. The number of rotatable bonds is 9. The average molecular weight is 527 g/mol. The van der Waals surface area contributed by atoms with E-state index in [0.717, 1.165) is 12.1 Å². The number of amides is 1. The zero-order valence-electron chi connectivity index (χ0n) is 18.5. The molecule has 1 atom stereocenters. The van der Waals surface area contributed by atoms with Gasteiger partial charge < -0.3 is 10.1 Å². The summed E-state index contributed by atoms with van der Waals surface area (Å²) >= 11 is 5.99. The number of hydrogen-bond donors (Lipinski definition) is 2. The molecule has 6 nitrogen and oxygen atoms in total. The van der Waals surface area contributed by atoms with Gasteiger partial charge in [-0.1, -0.05) is 41.9 Å². The number of hydrogen-bond acceptors (Lipinski definition) is 4. The lowest BCUT2D eigenvalue weighted by molar-refractivity contribution is -0.137. The van der Waals surface area contributed by atoms with Crippen molar-refractivity contribution in [3.05, 3.63) is 88.9 Å². The standard InChI is InChI=1S/C24H22ClF3N2O4S/c1-2-34-18-9-11-19(12-10-18)35(32,33)30-22(14-16-6-4-3-5-7-16)23(31)29-21-15-17(24(26,27)28)8-13-20(21)25/h3-13,15,22,30H,2,14H2,1H3,(H,29,31). The second kappa shape index (κ2) is 11.1. The van der Waals surface area contributed by atoms with E-state index in [4.69, 9.17) is 16.3 Å². The molecule has 0 saturated heterocycles. The minimum absolute atomic E-state index is 0.0560. The van der Waals surface area contributed by atoms with Crippen LogP contribution in [-0.4, -0.2) is 27.0 Å². The highest BCUT2D eigenvalue weighted by molar-refractivity contribution is 7.89. The van der Waals surface area contributed by atoms with Crippen molar-refractivity contribution in [2.75, 3.05) is 11.9 Å². The van der Waals surface area contributed by atoms with Crippen molar-refractivity contribution in [1.29, 1.82) is 0 Å². The number of nitrogens with one attached hydrogen (secondary N) is 2. The molecule has 0 aliphatic heterocycles. The zero-order valence-corrected chi connectivity index (χ0v) is 20.0. The maximum absolute atomic E-state index is 13.1. The molecule has 0 heterocycles. The highest BCUT2D eigenvalue weighted by atomic mass is 35.5. The number of anilines is 1. The van der Waals surface area contributed by atoms with Crippen LogP contribution in [0.25, 0.3) is 0 Å². The first kappa shape index (κ1) is 26.5. The molecule has 2 N–H and O–H groups in total. The molecule has 1 amide bonds. The van der Waals surface area contributed by atoms with Crippen molar-refractivity contribution < 1.29 is 31.1 Å². The van der Waals surface area contributed by atoms with E-state index in [9.17, 15) is 26.4 Å². The summed E-state index contributed by atoms with van der Waals surface area (Å²) in [6, 6.07) is 15.3. The Labute approximate surface area is 206 Å². The third-order valence-corrected chi connectivity index (χ3v) is 6.71. The Hall–Kier alpha value is -3.08. The monoisotopic (exact) mass is 526 g/mol. The summed E-state index contributed by atoms with van der Waals surface area (Å²) < 4.78 is 73.0. The van der Waals surface area contributed by atoms with Crippen molar-refractivity contribution in [3.8, 4) is 5.75 Å². The number of sulfonamides is 1. The highest BCUT2D eigenvalue weighted by Crippen LogP contribution is 2.34. The van der Waals surface area contributed by atoms with Crippen LogP contribution in [0.4, 0.5) is 18.9 Å². The molecule has 186 valence electrons. The summed E-state index contributed by atoms with van der Waals surface area (Å²) in [6.45, 7) is 2.19. The summed E-state index contributed by atoms with van der Waals surface area (Å²) in [5, 5.41) is 2.20. The van der Waals surface area contributed by atoms with Crippen molar-refractivity contribution >= 4 is 33.2 Å². The van der Waals surface area contributed by atoms with Crippen LogP contribution in [0.1, 0.15) is 18.1 Å². The van der Waals surface area contributed by atoms with Crippen LogP contribution in [0.15, 0.2) is 77.7 Å². The van der Waals surface area contributed by atoms with Crippen LogP contribution in [0.5, 0.6) is 5.75 Å². The number of benzene rings is 3. The number of ether oxygens (including phenoxy) is 1. The molecule has 0 aromatic heterocycles. The van der Waals surface area contributed by atoms with Crippen LogP contribution in [0.3, 0.4) is 0 Å². The maximum atomic E-state index is 13.1. The minimum atomic E-state index is -4.65. The van der Waals surface area contributed by atoms with Gasteiger partial charge in [0.2, 0.25) is 15.9 Å². The van der Waals surface area contributed by atoms with Gasteiger partial charge in [0, 0.05) is 0 Å². The molecule has 1 unspecified atom stereocenters. The Morgan fingerprint density at radius 1 is 1.03 bits per heavy atom. The first-order valence-electron chi connectivity index (χ1n) is 10.5. The smallest absolute Gasteiger partial charge is 0.416 e. The normalized spacial score (nSPS) is 12.7. The molecule has 0 bridgehead atoms. The van der Waals surface area contributed by atoms with Gasteiger partial charge in [-0.15, -0.1) is 0 Å². The lowest BCUT2D eigenvalue weighted by Crippen LogP contribution is -2.45. The average Bonchev–Trinajstić information content (AvgIpc) is 2.80. The fourth-order valence-corrected chi connectivity index (χ4v) is 4.55. The molecule has 0 fully saturated rings. The van der Waals surface area contributed by atoms with Gasteiger partial charge in [0.15, 0.2) is 0 Å². The Kier molecular flexibility index (Phi) is 8.42. The summed E-state index contributed by atoms with van der Waals surface area (Å²) in [5.41, 5.74) is -0.659. The largest absolute Gasteiger partial charge is 0.494 e. The Morgan fingerprint density at radius 2 is 1.69 bits per heavy atom. The van der Waals surface area contributed by atoms with E-state index in [1.165, 1.54) is 24.3 Å². The first-order valence-corrected chi connectivity index (χ1v) is 12.3. The van der Waals surface area contributed by atoms with Crippen LogP contribution >= 0.6 is 11.6 Å². The van der Waals surface area contributed by atoms with E-state index >= 15 is 0 Å². The Bertz CT molecular complexity index is 1270. The second-order valence-corrected chi connectivity index (χ2v) is 9.57. The van der Waals surface area contributed by atoms with Gasteiger partial charge in [-0.25, -0.2) is 8.42 Å². The number of carbonyl (C=O) groups is 1. The van der Waals surface area contributed by atoms with Crippen molar-refractivity contribution in [3.63, 3.8) is 0 Å². The molecule has 3 rings (SSSR count). The Balaban J connectivity index is 1.89. The van der Waals surface area contributed by atoms with Gasteiger partial charge in [-0.2, -0.15) is 17.9 Å². The molecule has 0 aliphatic carbocycles. The van der Waals surface area contributed by atoms with Gasteiger partial charge in [-0.3, -0.25) is 4.79 Å². The predicted octanol–water partition coefficient (Wildman–Crippen LogP) is 5.29. The molecule has 3 aromatic rings. The fraction of sp³-hybridized carbons (Fsp3) is 0.208. The maximum Gasteiger partial charge on any atom is 0.416 e. The van der Waals surface area contributed by atoms with Crippen LogP contribution < -0.4 is 14.8 Å². The van der Waals surface area contributed by atoms with Gasteiger partial charge in [-0.05, 0) is 61.4 Å². The van der Waals surface area contributed by atoms with Crippen LogP contribution in [-0.2, 0) is 27.4 Å². The minimum Gasteiger partial charge on any atom is -0.494 e. The van der Waals surface area contributed by atoms with Gasteiger partial charge >= 0.3 is 6.18 Å². The number of alkyl halides is 3. The third kappa shape index (κ3) is 7.20. The molecule has 0 aliphatic rings. The highest BCUT2D eigenvalue weighted by Gasteiger charge is 2.32. The molecule has 11 heteroatoms. The zero-order chi connectivity index (χ0) is 25.6. The van der Waals surface area contributed by atoms with E-state index in [1.807, 2.05) is 0 Å². The van der Waals surface area contributed by atoms with Crippen LogP contribution in [0.2, 0.25) is 5.02 Å². The summed E-state index contributed by atoms with van der Waals surface area (Å²) in [5.74, 6) is -0.395. The van der Waals surface area contributed by atoms with Gasteiger partial charge in [0.05, 0.1) is 27.8 Å². The molecule has 3 aromatic carbocycles. The van der Waals surface area contributed by atoms with E-state index in [-0.39, 0.29) is 22.0 Å². The van der Waals surface area contributed by atoms with Crippen molar-refractivity contribution in [1.82, 2.24) is 4.72 Å². The second-order valence-electron chi connectivity index (χ2n) is 7.45. The van der Waals surface area contributed by atoms with Crippen molar-refractivity contribution in [2.45, 2.75) is 30.5 Å².